The molecule has 2 N–H and O–H groups in total. The number of amides is 2. The quantitative estimate of drug-likeness (QED) is 0.851. The number of carbonyl (C=O) groups excluding carboxylic acids is 2. The van der Waals surface area contributed by atoms with E-state index in [9.17, 15) is 9.59 Å². The number of nitrogens with one attached hydrogen (secondary N) is 2. The van der Waals surface area contributed by atoms with E-state index in [0.29, 0.717) is 6.54 Å². The largest absolute Gasteiger partial charge is 0.453 e. The fourth-order valence-corrected chi connectivity index (χ4v) is 2.01. The van der Waals surface area contributed by atoms with Crippen LogP contribution < -0.4 is 10.6 Å². The van der Waals surface area contributed by atoms with Gasteiger partial charge in [-0.25, -0.2) is 4.79 Å². The highest BCUT2D eigenvalue weighted by Gasteiger charge is 2.08. The molecular weight excluding hydrogens is 282 g/mol. The number of aromatic nitrogens is 3. The lowest BCUT2D eigenvalue weighted by Crippen LogP contribution is -2.27. The topological polar surface area (TPSA) is 98.1 Å². The van der Waals surface area contributed by atoms with Gasteiger partial charge in [0.05, 0.1) is 19.9 Å². The minimum Gasteiger partial charge on any atom is -0.453 e. The van der Waals surface area contributed by atoms with E-state index in [1.807, 2.05) is 17.5 Å². The van der Waals surface area contributed by atoms with Gasteiger partial charge in [0.1, 0.15) is 6.54 Å². The Hall–Kier alpha value is -2.42. The zero-order chi connectivity index (χ0) is 14.4. The van der Waals surface area contributed by atoms with Crippen LogP contribution in [0.4, 0.5) is 10.6 Å². The highest BCUT2D eigenvalue weighted by atomic mass is 32.1. The molecule has 2 aromatic heterocycles. The molecule has 0 saturated heterocycles. The van der Waals surface area contributed by atoms with Gasteiger partial charge in [-0.2, -0.15) is 9.90 Å². The summed E-state index contributed by atoms with van der Waals surface area (Å²) in [5, 5.41) is 14.8. The molecule has 0 saturated carbocycles. The lowest BCUT2D eigenvalue weighted by molar-refractivity contribution is -0.122. The van der Waals surface area contributed by atoms with Gasteiger partial charge in [0, 0.05) is 4.88 Å². The first-order valence-electron chi connectivity index (χ1n) is 5.71. The van der Waals surface area contributed by atoms with E-state index in [1.165, 1.54) is 18.1 Å². The molecule has 0 atom stereocenters. The normalized spacial score (nSPS) is 10.1. The van der Waals surface area contributed by atoms with E-state index in [0.717, 1.165) is 4.88 Å². The molecule has 9 heteroatoms. The lowest BCUT2D eigenvalue weighted by Gasteiger charge is -2.02. The van der Waals surface area contributed by atoms with E-state index in [-0.39, 0.29) is 18.3 Å². The third-order valence-corrected chi connectivity index (χ3v) is 3.15. The van der Waals surface area contributed by atoms with Gasteiger partial charge in [0.15, 0.2) is 5.82 Å². The van der Waals surface area contributed by atoms with E-state index < -0.39 is 6.09 Å². The Morgan fingerprint density at radius 1 is 1.50 bits per heavy atom. The Morgan fingerprint density at radius 3 is 3.05 bits per heavy atom. The van der Waals surface area contributed by atoms with Crippen LogP contribution in [-0.2, 0) is 22.6 Å². The molecule has 0 aliphatic carbocycles. The number of carbonyl (C=O) groups is 2. The summed E-state index contributed by atoms with van der Waals surface area (Å²) in [5.41, 5.74) is 0. The average Bonchev–Trinajstić information content (AvgIpc) is 3.08. The summed E-state index contributed by atoms with van der Waals surface area (Å²) < 4.78 is 4.42. The van der Waals surface area contributed by atoms with Crippen molar-refractivity contribution in [3.8, 4) is 0 Å². The van der Waals surface area contributed by atoms with Crippen LogP contribution in [0.2, 0.25) is 0 Å². The van der Waals surface area contributed by atoms with Crippen LogP contribution in [0.5, 0.6) is 0 Å². The maximum atomic E-state index is 11.7. The summed E-state index contributed by atoms with van der Waals surface area (Å²) in [6.07, 6.45) is 0.697. The average molecular weight is 295 g/mol. The van der Waals surface area contributed by atoms with Gasteiger partial charge in [-0.15, -0.1) is 16.4 Å². The Labute approximate surface area is 118 Å². The van der Waals surface area contributed by atoms with E-state index in [1.54, 1.807) is 11.3 Å². The van der Waals surface area contributed by atoms with E-state index in [2.05, 4.69) is 25.6 Å². The van der Waals surface area contributed by atoms with Crippen molar-refractivity contribution >= 4 is 29.2 Å². The smallest absolute Gasteiger partial charge is 0.412 e. The Balaban J connectivity index is 1.80. The van der Waals surface area contributed by atoms with Gasteiger partial charge in [-0.3, -0.25) is 10.1 Å². The highest BCUT2D eigenvalue weighted by Crippen LogP contribution is 2.07. The molecule has 2 heterocycles. The minimum absolute atomic E-state index is 0.0196. The number of rotatable bonds is 5. The molecule has 0 spiro atoms. The van der Waals surface area contributed by atoms with E-state index >= 15 is 0 Å². The van der Waals surface area contributed by atoms with Crippen LogP contribution in [0.3, 0.4) is 0 Å². The third kappa shape index (κ3) is 4.05. The maximum Gasteiger partial charge on any atom is 0.412 e. The van der Waals surface area contributed by atoms with Crippen LogP contribution >= 0.6 is 11.3 Å². The molecule has 2 rings (SSSR count). The van der Waals surface area contributed by atoms with Crippen LogP contribution in [0.15, 0.2) is 23.7 Å². The highest BCUT2D eigenvalue weighted by molar-refractivity contribution is 7.09. The number of hydrogen-bond acceptors (Lipinski definition) is 6. The van der Waals surface area contributed by atoms with Crippen molar-refractivity contribution in [3.05, 3.63) is 28.6 Å². The molecule has 2 amide bonds. The maximum absolute atomic E-state index is 11.7. The van der Waals surface area contributed by atoms with Crippen molar-refractivity contribution < 1.29 is 14.3 Å². The molecule has 0 radical (unpaired) electrons. The van der Waals surface area contributed by atoms with Crippen molar-refractivity contribution in [2.45, 2.75) is 13.1 Å². The summed E-state index contributed by atoms with van der Waals surface area (Å²) in [6.45, 7) is 0.458. The van der Waals surface area contributed by atoms with Crippen LogP contribution in [0.1, 0.15) is 4.88 Å². The number of thiophene rings is 1. The third-order valence-electron chi connectivity index (χ3n) is 2.28. The lowest BCUT2D eigenvalue weighted by atomic mass is 10.4. The number of anilines is 1. The SMILES string of the molecule is COC(=O)Nc1cnn(CC(=O)NCc2cccs2)n1. The van der Waals surface area contributed by atoms with Crippen LogP contribution in [-0.4, -0.2) is 34.1 Å². The molecule has 106 valence electrons. The van der Waals surface area contributed by atoms with Crippen molar-refractivity contribution in [1.82, 2.24) is 20.3 Å². The summed E-state index contributed by atoms with van der Waals surface area (Å²) in [7, 11) is 1.25. The second kappa shape index (κ2) is 6.66. The predicted molar refractivity (Wildman–Crippen MR) is 72.2 cm³/mol. The second-order valence-corrected chi connectivity index (χ2v) is 4.77. The Morgan fingerprint density at radius 2 is 2.35 bits per heavy atom. The van der Waals surface area contributed by atoms with Gasteiger partial charge < -0.3 is 10.1 Å². The fraction of sp³-hybridized carbons (Fsp3) is 0.273. The second-order valence-electron chi connectivity index (χ2n) is 3.73. The molecule has 0 aromatic carbocycles. The summed E-state index contributed by atoms with van der Waals surface area (Å²) in [6, 6.07) is 3.86. The molecule has 0 fully saturated rings. The molecule has 0 unspecified atom stereocenters. The number of ether oxygens (including phenoxy) is 1. The molecule has 0 aliphatic rings. The monoisotopic (exact) mass is 295 g/mol. The zero-order valence-electron chi connectivity index (χ0n) is 10.7. The minimum atomic E-state index is -0.640. The summed E-state index contributed by atoms with van der Waals surface area (Å²) in [5.74, 6) is 0.0153. The molecule has 2 aromatic rings. The van der Waals surface area contributed by atoms with Crippen molar-refractivity contribution in [2.75, 3.05) is 12.4 Å². The van der Waals surface area contributed by atoms with E-state index in [4.69, 9.17) is 0 Å². The summed E-state index contributed by atoms with van der Waals surface area (Å²) in [4.78, 5) is 24.9. The summed E-state index contributed by atoms with van der Waals surface area (Å²) >= 11 is 1.57. The van der Waals surface area contributed by atoms with Gasteiger partial charge in [-0.05, 0) is 11.4 Å². The first-order valence-corrected chi connectivity index (χ1v) is 6.59. The Kier molecular flexibility index (Phi) is 4.66. The molecule has 0 aliphatic heterocycles. The standard InChI is InChI=1S/C11H13N5O3S/c1-19-11(18)14-9-6-13-16(15-9)7-10(17)12-5-8-3-2-4-20-8/h2-4,6H,5,7H2,1H3,(H,12,17)(H,14,15,18). The van der Waals surface area contributed by atoms with Crippen molar-refractivity contribution in [2.24, 2.45) is 0 Å². The number of hydrogen-bond donors (Lipinski definition) is 2. The molecular formula is C11H13N5O3S. The molecule has 8 nitrogen and oxygen atoms in total. The van der Waals surface area contributed by atoms with Gasteiger partial charge in [0.25, 0.3) is 0 Å². The zero-order valence-corrected chi connectivity index (χ0v) is 11.5. The van der Waals surface area contributed by atoms with Gasteiger partial charge in [-0.1, -0.05) is 6.07 Å². The van der Waals surface area contributed by atoms with Gasteiger partial charge >= 0.3 is 6.09 Å². The first-order chi connectivity index (χ1) is 9.67. The molecule has 0 bridgehead atoms. The Bertz CT molecular complexity index is 581. The molecule has 20 heavy (non-hydrogen) atoms. The van der Waals surface area contributed by atoms with Crippen LogP contribution in [0.25, 0.3) is 0 Å². The first kappa shape index (κ1) is 14.0. The van der Waals surface area contributed by atoms with Crippen molar-refractivity contribution in [1.29, 1.82) is 0 Å². The number of nitrogens with zero attached hydrogens (tertiary/aromatic N) is 3. The fourth-order valence-electron chi connectivity index (χ4n) is 1.37. The van der Waals surface area contributed by atoms with Crippen LogP contribution in [0, 0.1) is 0 Å². The predicted octanol–water partition coefficient (Wildman–Crippen LogP) is 0.834. The number of methoxy groups -OCH3 is 1. The van der Waals surface area contributed by atoms with Gasteiger partial charge in [0.2, 0.25) is 5.91 Å². The van der Waals surface area contributed by atoms with Crippen molar-refractivity contribution in [3.63, 3.8) is 0 Å².